The maximum Gasteiger partial charge on any atom is 0.265 e. The van der Waals surface area contributed by atoms with Crippen LogP contribution in [0, 0.1) is 0 Å². The zero-order valence-electron chi connectivity index (χ0n) is 16.2. The summed E-state index contributed by atoms with van der Waals surface area (Å²) in [4.78, 5) is 29.6. The topological polar surface area (TPSA) is 85.2 Å². The smallest absolute Gasteiger partial charge is 0.265 e. The number of anilines is 1. The van der Waals surface area contributed by atoms with Crippen molar-refractivity contribution in [1.29, 1.82) is 0 Å². The molecule has 3 aromatic rings. The third-order valence-corrected chi connectivity index (χ3v) is 5.37. The summed E-state index contributed by atoms with van der Waals surface area (Å²) in [6.45, 7) is 2.64. The van der Waals surface area contributed by atoms with Gasteiger partial charge in [-0.25, -0.2) is 4.98 Å². The number of ether oxygens (including phenoxy) is 1. The molecule has 1 fully saturated rings. The van der Waals surface area contributed by atoms with Crippen LogP contribution in [0.5, 0.6) is 0 Å². The molecule has 0 saturated heterocycles. The van der Waals surface area contributed by atoms with Crippen LogP contribution < -0.4 is 10.6 Å². The molecular formula is C21H20Cl2N4O3. The summed E-state index contributed by atoms with van der Waals surface area (Å²) in [7, 11) is 0. The molecule has 30 heavy (non-hydrogen) atoms. The number of carbonyl (C=O) groups excluding carboxylic acids is 2. The van der Waals surface area contributed by atoms with Crippen LogP contribution in [0.15, 0.2) is 36.7 Å². The Morgan fingerprint density at radius 1 is 1.23 bits per heavy atom. The van der Waals surface area contributed by atoms with E-state index in [0.29, 0.717) is 36.3 Å². The van der Waals surface area contributed by atoms with Gasteiger partial charge in [0.25, 0.3) is 11.8 Å². The number of hydrogen-bond acceptors (Lipinski definition) is 5. The summed E-state index contributed by atoms with van der Waals surface area (Å²) >= 11 is 12.7. The van der Waals surface area contributed by atoms with Crippen LogP contribution in [0.3, 0.4) is 0 Å². The van der Waals surface area contributed by atoms with Crippen molar-refractivity contribution in [2.75, 3.05) is 18.6 Å². The number of halogens is 2. The van der Waals surface area contributed by atoms with E-state index in [1.54, 1.807) is 24.5 Å². The van der Waals surface area contributed by atoms with Gasteiger partial charge < -0.3 is 15.4 Å². The van der Waals surface area contributed by atoms with Gasteiger partial charge in [-0.15, -0.1) is 0 Å². The standard InChI is InChI=1S/C21H20Cl2N4O3/c1-2-24-20(28)12-9-15(22)18(16(23)10-12)21(29)27-8-6-14-17(27)5-7-25-19(14)26-11-30-13-3-4-13/h5-10,13H,2-4,11H2,1H3,(H,24,28)(H,25,26). The Morgan fingerprint density at radius 3 is 2.63 bits per heavy atom. The third-order valence-electron chi connectivity index (χ3n) is 4.77. The summed E-state index contributed by atoms with van der Waals surface area (Å²) in [5.41, 5.74) is 1.09. The second kappa shape index (κ2) is 8.63. The summed E-state index contributed by atoms with van der Waals surface area (Å²) in [6, 6.07) is 6.43. The molecule has 2 aromatic heterocycles. The molecule has 1 aromatic carbocycles. The zero-order valence-corrected chi connectivity index (χ0v) is 17.8. The van der Waals surface area contributed by atoms with Crippen LogP contribution in [0.1, 0.15) is 40.5 Å². The highest BCUT2D eigenvalue weighted by molar-refractivity contribution is 6.40. The Kier molecular flexibility index (Phi) is 5.94. The fourth-order valence-electron chi connectivity index (χ4n) is 3.14. The molecule has 1 aliphatic rings. The van der Waals surface area contributed by atoms with Gasteiger partial charge in [0, 0.05) is 29.9 Å². The minimum absolute atomic E-state index is 0.112. The first kappa shape index (κ1) is 20.7. The Bertz CT molecular complexity index is 1100. The van der Waals surface area contributed by atoms with Gasteiger partial charge in [-0.2, -0.15) is 0 Å². The van der Waals surface area contributed by atoms with E-state index in [1.807, 2.05) is 6.92 Å². The van der Waals surface area contributed by atoms with Crippen molar-refractivity contribution in [3.63, 3.8) is 0 Å². The number of nitrogens with one attached hydrogen (secondary N) is 2. The zero-order chi connectivity index (χ0) is 21.3. The van der Waals surface area contributed by atoms with Crippen LogP contribution in [-0.2, 0) is 4.74 Å². The molecule has 1 saturated carbocycles. The maximum absolute atomic E-state index is 13.2. The van der Waals surface area contributed by atoms with Gasteiger partial charge in [-0.3, -0.25) is 14.2 Å². The number of carbonyl (C=O) groups is 2. The molecule has 0 bridgehead atoms. The first-order valence-electron chi connectivity index (χ1n) is 9.63. The number of benzene rings is 1. The van der Waals surface area contributed by atoms with E-state index < -0.39 is 5.91 Å². The minimum Gasteiger partial charge on any atom is -0.358 e. The largest absolute Gasteiger partial charge is 0.358 e. The second-order valence-electron chi connectivity index (χ2n) is 6.94. The molecule has 4 rings (SSSR count). The number of pyridine rings is 1. The number of rotatable bonds is 7. The van der Waals surface area contributed by atoms with Crippen molar-refractivity contribution in [3.05, 3.63) is 57.8 Å². The minimum atomic E-state index is -0.395. The molecule has 0 unspecified atom stereocenters. The van der Waals surface area contributed by atoms with Gasteiger partial charge in [0.2, 0.25) is 0 Å². The van der Waals surface area contributed by atoms with Crippen molar-refractivity contribution in [3.8, 4) is 0 Å². The first-order valence-corrected chi connectivity index (χ1v) is 10.4. The number of fused-ring (bicyclic) bond motifs is 1. The lowest BCUT2D eigenvalue weighted by atomic mass is 10.1. The average molecular weight is 447 g/mol. The lowest BCUT2D eigenvalue weighted by molar-refractivity contribution is 0.0947. The van der Waals surface area contributed by atoms with Crippen molar-refractivity contribution < 1.29 is 14.3 Å². The summed E-state index contributed by atoms with van der Waals surface area (Å²) in [5, 5.41) is 6.83. The maximum atomic E-state index is 13.2. The second-order valence-corrected chi connectivity index (χ2v) is 7.76. The molecule has 1 aliphatic carbocycles. The molecule has 2 heterocycles. The van der Waals surface area contributed by atoms with Gasteiger partial charge >= 0.3 is 0 Å². The Balaban J connectivity index is 1.64. The lowest BCUT2D eigenvalue weighted by Crippen LogP contribution is -2.23. The van der Waals surface area contributed by atoms with Crippen molar-refractivity contribution in [1.82, 2.24) is 14.9 Å². The number of amides is 1. The fraction of sp³-hybridized carbons (Fsp3) is 0.286. The number of hydrogen-bond donors (Lipinski definition) is 2. The van der Waals surface area contributed by atoms with Gasteiger partial charge in [-0.1, -0.05) is 23.2 Å². The van der Waals surface area contributed by atoms with Gasteiger partial charge in [0.15, 0.2) is 0 Å². The van der Waals surface area contributed by atoms with Crippen molar-refractivity contribution >= 4 is 51.7 Å². The normalized spacial score (nSPS) is 13.4. The van der Waals surface area contributed by atoms with Crippen LogP contribution in [0.4, 0.5) is 5.82 Å². The van der Waals surface area contributed by atoms with Crippen LogP contribution in [0.25, 0.3) is 10.9 Å². The molecule has 1 amide bonds. The van der Waals surface area contributed by atoms with Crippen molar-refractivity contribution in [2.45, 2.75) is 25.9 Å². The summed E-state index contributed by atoms with van der Waals surface area (Å²) in [6.07, 6.45) is 5.77. The number of nitrogens with zero attached hydrogens (tertiary/aromatic N) is 2. The molecule has 9 heteroatoms. The average Bonchev–Trinajstić information content (AvgIpc) is 3.43. The van der Waals surface area contributed by atoms with Crippen LogP contribution in [-0.4, -0.2) is 40.7 Å². The predicted molar refractivity (Wildman–Crippen MR) is 117 cm³/mol. The van der Waals surface area contributed by atoms with Gasteiger partial charge in [0.1, 0.15) is 12.5 Å². The first-order chi connectivity index (χ1) is 14.5. The molecule has 0 spiro atoms. The van der Waals surface area contributed by atoms with E-state index in [1.165, 1.54) is 16.7 Å². The summed E-state index contributed by atoms with van der Waals surface area (Å²) < 4.78 is 7.08. The van der Waals surface area contributed by atoms with Crippen molar-refractivity contribution in [2.24, 2.45) is 0 Å². The van der Waals surface area contributed by atoms with Gasteiger partial charge in [0.05, 0.1) is 27.2 Å². The van der Waals surface area contributed by atoms with E-state index in [-0.39, 0.29) is 21.5 Å². The van der Waals surface area contributed by atoms with E-state index in [9.17, 15) is 9.59 Å². The molecule has 2 N–H and O–H groups in total. The Hall–Kier alpha value is -2.61. The molecule has 0 radical (unpaired) electrons. The van der Waals surface area contributed by atoms with Gasteiger partial charge in [-0.05, 0) is 44.0 Å². The Morgan fingerprint density at radius 2 is 1.97 bits per heavy atom. The highest BCUT2D eigenvalue weighted by atomic mass is 35.5. The van der Waals surface area contributed by atoms with Crippen LogP contribution in [0.2, 0.25) is 10.0 Å². The molecule has 7 nitrogen and oxygen atoms in total. The Labute approximate surface area is 183 Å². The lowest BCUT2D eigenvalue weighted by Gasteiger charge is -2.11. The third kappa shape index (κ3) is 4.14. The van der Waals surface area contributed by atoms with E-state index in [2.05, 4.69) is 15.6 Å². The van der Waals surface area contributed by atoms with E-state index in [0.717, 1.165) is 18.2 Å². The van der Waals surface area contributed by atoms with E-state index in [4.69, 9.17) is 27.9 Å². The molecule has 0 aliphatic heterocycles. The predicted octanol–water partition coefficient (Wildman–Crippen LogP) is 4.33. The number of aromatic nitrogens is 2. The highest BCUT2D eigenvalue weighted by Gasteiger charge is 2.23. The molecule has 156 valence electrons. The van der Waals surface area contributed by atoms with Crippen LogP contribution >= 0.6 is 23.2 Å². The molecule has 0 atom stereocenters. The highest BCUT2D eigenvalue weighted by Crippen LogP contribution is 2.30. The monoisotopic (exact) mass is 446 g/mol. The quantitative estimate of drug-likeness (QED) is 0.527. The van der Waals surface area contributed by atoms with E-state index >= 15 is 0 Å². The molecular weight excluding hydrogens is 427 g/mol. The fourth-order valence-corrected chi connectivity index (χ4v) is 3.79. The SMILES string of the molecule is CCNC(=O)c1cc(Cl)c(C(=O)n2ccc3c(NCOC4CC4)nccc32)c(Cl)c1. The summed E-state index contributed by atoms with van der Waals surface area (Å²) in [5.74, 6) is -0.0702.